The molecule has 0 fully saturated rings. The van der Waals surface area contributed by atoms with Crippen molar-refractivity contribution in [3.8, 4) is 16.8 Å². The van der Waals surface area contributed by atoms with Gasteiger partial charge in [-0.2, -0.15) is 4.68 Å². The maximum Gasteiger partial charge on any atom is 0.251 e. The third-order valence-corrected chi connectivity index (χ3v) is 5.08. The molecule has 3 aromatic rings. The average Bonchev–Trinajstić information content (AvgIpc) is 3.18. The number of hydrogen-bond donors (Lipinski definition) is 1. The van der Waals surface area contributed by atoms with Crippen LogP contribution in [-0.2, 0) is 5.41 Å². The highest BCUT2D eigenvalue weighted by atomic mass is 19.1. The summed E-state index contributed by atoms with van der Waals surface area (Å²) in [5.74, 6) is 0.185. The van der Waals surface area contributed by atoms with Crippen molar-refractivity contribution in [3.63, 3.8) is 0 Å². The SMILES string of the molecule is CCC(C)(C)NC(=O)c1cc(-c2ccc(F)cc2)cc(-n2nnnc2C(C)(C)C)c1. The number of hydrogen-bond acceptors (Lipinski definition) is 4. The minimum absolute atomic E-state index is 0.183. The van der Waals surface area contributed by atoms with E-state index in [1.54, 1.807) is 28.9 Å². The van der Waals surface area contributed by atoms with Crippen molar-refractivity contribution >= 4 is 5.91 Å². The lowest BCUT2D eigenvalue weighted by molar-refractivity contribution is 0.0911. The van der Waals surface area contributed by atoms with Gasteiger partial charge in [0.2, 0.25) is 0 Å². The Morgan fingerprint density at radius 3 is 2.30 bits per heavy atom. The van der Waals surface area contributed by atoms with Crippen molar-refractivity contribution in [2.45, 2.75) is 58.9 Å². The van der Waals surface area contributed by atoms with Gasteiger partial charge in [0.1, 0.15) is 5.82 Å². The van der Waals surface area contributed by atoms with E-state index >= 15 is 0 Å². The summed E-state index contributed by atoms with van der Waals surface area (Å²) in [7, 11) is 0. The van der Waals surface area contributed by atoms with Crippen molar-refractivity contribution < 1.29 is 9.18 Å². The number of carbonyl (C=O) groups is 1. The van der Waals surface area contributed by atoms with Gasteiger partial charge in [0.15, 0.2) is 5.82 Å². The highest BCUT2D eigenvalue weighted by Crippen LogP contribution is 2.28. The highest BCUT2D eigenvalue weighted by Gasteiger charge is 2.25. The molecule has 0 aliphatic rings. The lowest BCUT2D eigenvalue weighted by Crippen LogP contribution is -2.42. The van der Waals surface area contributed by atoms with Crippen molar-refractivity contribution in [3.05, 3.63) is 59.7 Å². The van der Waals surface area contributed by atoms with E-state index in [1.165, 1.54) is 12.1 Å². The second kappa shape index (κ2) is 7.97. The number of amides is 1. The summed E-state index contributed by atoms with van der Waals surface area (Å²) >= 11 is 0. The molecular weight excluding hydrogens is 381 g/mol. The van der Waals surface area contributed by atoms with Gasteiger partial charge in [-0.1, -0.05) is 39.8 Å². The fourth-order valence-electron chi connectivity index (χ4n) is 2.97. The minimum Gasteiger partial charge on any atom is -0.347 e. The number of halogens is 1. The Morgan fingerprint density at radius 1 is 1.03 bits per heavy atom. The fourth-order valence-corrected chi connectivity index (χ4v) is 2.97. The first-order chi connectivity index (χ1) is 14.0. The quantitative estimate of drug-likeness (QED) is 0.664. The molecule has 1 N–H and O–H groups in total. The lowest BCUT2D eigenvalue weighted by Gasteiger charge is -2.25. The van der Waals surface area contributed by atoms with Crippen LogP contribution in [0.5, 0.6) is 0 Å². The summed E-state index contributed by atoms with van der Waals surface area (Å²) < 4.78 is 15.1. The molecule has 3 rings (SSSR count). The van der Waals surface area contributed by atoms with E-state index in [9.17, 15) is 9.18 Å². The minimum atomic E-state index is -0.339. The van der Waals surface area contributed by atoms with E-state index in [1.807, 2.05) is 47.6 Å². The van der Waals surface area contributed by atoms with Crippen LogP contribution in [0.15, 0.2) is 42.5 Å². The van der Waals surface area contributed by atoms with E-state index in [4.69, 9.17) is 0 Å². The molecular formula is C23H28FN5O. The number of aromatic nitrogens is 4. The van der Waals surface area contributed by atoms with Gasteiger partial charge in [0.25, 0.3) is 5.91 Å². The number of nitrogens with zero attached hydrogens (tertiary/aromatic N) is 4. The summed E-state index contributed by atoms with van der Waals surface area (Å²) in [5, 5.41) is 15.2. The van der Waals surface area contributed by atoms with Crippen LogP contribution in [0.25, 0.3) is 16.8 Å². The fraction of sp³-hybridized carbons (Fsp3) is 0.391. The number of tetrazole rings is 1. The van der Waals surface area contributed by atoms with Crippen LogP contribution in [0.2, 0.25) is 0 Å². The third kappa shape index (κ3) is 4.72. The molecule has 1 amide bonds. The molecule has 2 aromatic carbocycles. The molecule has 0 bridgehead atoms. The number of nitrogens with one attached hydrogen (secondary N) is 1. The van der Waals surface area contributed by atoms with Crippen LogP contribution in [0.3, 0.4) is 0 Å². The zero-order chi connectivity index (χ0) is 22.1. The second-order valence-corrected chi connectivity index (χ2v) is 9.13. The average molecular weight is 410 g/mol. The van der Waals surface area contributed by atoms with Crippen LogP contribution in [0.1, 0.15) is 64.1 Å². The predicted octanol–water partition coefficient (Wildman–Crippen LogP) is 4.68. The molecule has 6 nitrogen and oxygen atoms in total. The molecule has 30 heavy (non-hydrogen) atoms. The van der Waals surface area contributed by atoms with Crippen LogP contribution < -0.4 is 5.32 Å². The zero-order valence-electron chi connectivity index (χ0n) is 18.3. The van der Waals surface area contributed by atoms with Crippen LogP contribution >= 0.6 is 0 Å². The Balaban J connectivity index is 2.15. The van der Waals surface area contributed by atoms with Gasteiger partial charge in [-0.15, -0.1) is 5.10 Å². The lowest BCUT2D eigenvalue weighted by atomic mass is 9.95. The van der Waals surface area contributed by atoms with Gasteiger partial charge in [-0.3, -0.25) is 4.79 Å². The first-order valence-electron chi connectivity index (χ1n) is 10.0. The standard InChI is InChI=1S/C23H28FN5O/c1-7-23(5,6)25-20(30)17-12-16(15-8-10-18(24)11-9-15)13-19(14-17)29-21(22(2,3)4)26-27-28-29/h8-14H,7H2,1-6H3,(H,25,30). The number of rotatable bonds is 5. The predicted molar refractivity (Wildman–Crippen MR) is 115 cm³/mol. The molecule has 7 heteroatoms. The molecule has 0 spiro atoms. The molecule has 0 aliphatic heterocycles. The number of carbonyl (C=O) groups excluding carboxylic acids is 1. The third-order valence-electron chi connectivity index (χ3n) is 5.08. The Morgan fingerprint density at radius 2 is 1.70 bits per heavy atom. The molecule has 0 saturated heterocycles. The van der Waals surface area contributed by atoms with Crippen molar-refractivity contribution in [1.82, 2.24) is 25.5 Å². The first kappa shape index (κ1) is 21.6. The van der Waals surface area contributed by atoms with Crippen LogP contribution in [-0.4, -0.2) is 31.7 Å². The van der Waals surface area contributed by atoms with Gasteiger partial charge in [0, 0.05) is 16.5 Å². The summed E-state index contributed by atoms with van der Waals surface area (Å²) in [6.07, 6.45) is 0.796. The summed E-state index contributed by atoms with van der Waals surface area (Å²) in [5.41, 5.74) is 2.11. The molecule has 1 heterocycles. The topological polar surface area (TPSA) is 72.7 Å². The summed E-state index contributed by atoms with van der Waals surface area (Å²) in [6, 6.07) is 11.7. The molecule has 0 saturated carbocycles. The maximum atomic E-state index is 13.4. The Bertz CT molecular complexity index is 1050. The maximum absolute atomic E-state index is 13.4. The van der Waals surface area contributed by atoms with E-state index in [-0.39, 0.29) is 22.7 Å². The monoisotopic (exact) mass is 409 g/mol. The van der Waals surface area contributed by atoms with E-state index in [0.29, 0.717) is 17.1 Å². The second-order valence-electron chi connectivity index (χ2n) is 9.13. The Hall–Kier alpha value is -3.09. The van der Waals surface area contributed by atoms with E-state index in [2.05, 4.69) is 20.8 Å². The highest BCUT2D eigenvalue weighted by molar-refractivity contribution is 5.96. The molecule has 0 aliphatic carbocycles. The summed E-state index contributed by atoms with van der Waals surface area (Å²) in [4.78, 5) is 13.0. The molecule has 1 aromatic heterocycles. The summed E-state index contributed by atoms with van der Waals surface area (Å²) in [6.45, 7) is 12.1. The van der Waals surface area contributed by atoms with Gasteiger partial charge in [-0.05, 0) is 72.2 Å². The Kier molecular flexibility index (Phi) is 5.74. The van der Waals surface area contributed by atoms with Gasteiger partial charge >= 0.3 is 0 Å². The zero-order valence-corrected chi connectivity index (χ0v) is 18.3. The van der Waals surface area contributed by atoms with Gasteiger partial charge < -0.3 is 5.32 Å². The van der Waals surface area contributed by atoms with Crippen molar-refractivity contribution in [2.75, 3.05) is 0 Å². The van der Waals surface area contributed by atoms with Crippen LogP contribution in [0.4, 0.5) is 4.39 Å². The smallest absolute Gasteiger partial charge is 0.251 e. The first-order valence-corrected chi connectivity index (χ1v) is 10.0. The van der Waals surface area contributed by atoms with E-state index in [0.717, 1.165) is 17.5 Å². The van der Waals surface area contributed by atoms with Gasteiger partial charge in [0.05, 0.1) is 5.69 Å². The molecule has 158 valence electrons. The van der Waals surface area contributed by atoms with Crippen molar-refractivity contribution in [1.29, 1.82) is 0 Å². The normalized spacial score (nSPS) is 12.1. The molecule has 0 unspecified atom stereocenters. The van der Waals surface area contributed by atoms with Gasteiger partial charge in [-0.25, -0.2) is 4.39 Å². The van der Waals surface area contributed by atoms with Crippen molar-refractivity contribution in [2.24, 2.45) is 0 Å². The van der Waals surface area contributed by atoms with E-state index < -0.39 is 0 Å². The van der Waals surface area contributed by atoms with Crippen LogP contribution in [0, 0.1) is 5.82 Å². The molecule has 0 radical (unpaired) electrons. The largest absolute Gasteiger partial charge is 0.347 e. The number of benzene rings is 2. The Labute approximate surface area is 176 Å². The molecule has 0 atom stereocenters.